The van der Waals surface area contributed by atoms with Gasteiger partial charge in [0, 0.05) is 14.9 Å². The van der Waals surface area contributed by atoms with Gasteiger partial charge >= 0.3 is 0 Å². The Bertz CT molecular complexity index is 616. The molecule has 0 fully saturated rings. The fourth-order valence-corrected chi connectivity index (χ4v) is 3.36. The number of ketones is 1. The van der Waals surface area contributed by atoms with E-state index in [0.717, 1.165) is 9.37 Å². The summed E-state index contributed by atoms with van der Waals surface area (Å²) in [5.41, 5.74) is 0.466. The van der Waals surface area contributed by atoms with Crippen molar-refractivity contribution < 1.29 is 4.79 Å². The van der Waals surface area contributed by atoms with E-state index in [9.17, 15) is 4.79 Å². The molecule has 2 aromatic rings. The second kappa shape index (κ2) is 6.80. The molecule has 2 aromatic carbocycles. The van der Waals surface area contributed by atoms with Gasteiger partial charge < -0.3 is 0 Å². The number of rotatable bonds is 4. The van der Waals surface area contributed by atoms with Crippen molar-refractivity contribution in [2.24, 2.45) is 0 Å². The number of carbonyl (C=O) groups is 1. The summed E-state index contributed by atoms with van der Waals surface area (Å²) in [4.78, 5) is 13.1. The molecule has 98 valence electrons. The molecule has 1 nitrogen and oxygen atoms in total. The Morgan fingerprint density at radius 3 is 2.58 bits per heavy atom. The minimum Gasteiger partial charge on any atom is -0.293 e. The molecule has 0 aliphatic rings. The average molecular weight is 376 g/mol. The molecule has 0 saturated heterocycles. The van der Waals surface area contributed by atoms with Gasteiger partial charge in [0.25, 0.3) is 0 Å². The van der Waals surface area contributed by atoms with Crippen molar-refractivity contribution in [3.8, 4) is 0 Å². The third kappa shape index (κ3) is 3.76. The Morgan fingerprint density at radius 2 is 1.84 bits per heavy atom. The number of thioether (sulfide) groups is 1. The van der Waals surface area contributed by atoms with Crippen LogP contribution >= 0.6 is 50.9 Å². The zero-order chi connectivity index (χ0) is 13.8. The summed E-state index contributed by atoms with van der Waals surface area (Å²) in [5, 5.41) is 0.723. The summed E-state index contributed by atoms with van der Waals surface area (Å²) in [5.74, 6) is 0.288. The van der Waals surface area contributed by atoms with Gasteiger partial charge in [0.05, 0.1) is 15.8 Å². The fourth-order valence-electron chi connectivity index (χ4n) is 1.50. The molecule has 0 aliphatic carbocycles. The molecule has 19 heavy (non-hydrogen) atoms. The minimum atomic E-state index is -0.0340. The molecular weight excluding hydrogens is 367 g/mol. The lowest BCUT2D eigenvalue weighted by Crippen LogP contribution is -2.03. The molecule has 0 heterocycles. The Labute approximate surface area is 134 Å². The van der Waals surface area contributed by atoms with Crippen LogP contribution in [0.15, 0.2) is 51.8 Å². The van der Waals surface area contributed by atoms with Gasteiger partial charge in [-0.25, -0.2) is 0 Å². The summed E-state index contributed by atoms with van der Waals surface area (Å²) in [6.45, 7) is 0. The van der Waals surface area contributed by atoms with Crippen LogP contribution in [0, 0.1) is 0 Å². The Kier molecular flexibility index (Phi) is 5.34. The van der Waals surface area contributed by atoms with Gasteiger partial charge in [-0.3, -0.25) is 4.79 Å². The Balaban J connectivity index is 2.10. The lowest BCUT2D eigenvalue weighted by molar-refractivity contribution is 0.102. The standard InChI is InChI=1S/C14H9BrCl2OS/c15-10-5-1-2-7-13(10)19-8-12(18)9-4-3-6-11(16)14(9)17/h1-7H,8H2. The van der Waals surface area contributed by atoms with E-state index in [1.54, 1.807) is 18.2 Å². The Hall–Kier alpha value is -0.480. The van der Waals surface area contributed by atoms with E-state index in [0.29, 0.717) is 21.4 Å². The molecule has 2 rings (SSSR count). The molecule has 0 saturated carbocycles. The van der Waals surface area contributed by atoms with E-state index >= 15 is 0 Å². The highest BCUT2D eigenvalue weighted by Gasteiger charge is 2.13. The summed E-state index contributed by atoms with van der Waals surface area (Å²) in [7, 11) is 0. The molecule has 0 aromatic heterocycles. The van der Waals surface area contributed by atoms with Crippen molar-refractivity contribution in [3.63, 3.8) is 0 Å². The first kappa shape index (κ1) is 14.9. The van der Waals surface area contributed by atoms with Crippen LogP contribution < -0.4 is 0 Å². The average Bonchev–Trinajstić information content (AvgIpc) is 2.40. The number of hydrogen-bond acceptors (Lipinski definition) is 2. The molecule has 0 spiro atoms. The highest BCUT2D eigenvalue weighted by molar-refractivity contribution is 9.10. The second-order valence-electron chi connectivity index (χ2n) is 3.74. The smallest absolute Gasteiger partial charge is 0.174 e. The van der Waals surface area contributed by atoms with Gasteiger partial charge in [-0.2, -0.15) is 0 Å². The van der Waals surface area contributed by atoms with Crippen molar-refractivity contribution in [3.05, 3.63) is 62.5 Å². The van der Waals surface area contributed by atoms with Crippen LogP contribution in [0.4, 0.5) is 0 Å². The first-order valence-electron chi connectivity index (χ1n) is 5.44. The van der Waals surface area contributed by atoms with Gasteiger partial charge in [-0.15, -0.1) is 11.8 Å². The highest BCUT2D eigenvalue weighted by Crippen LogP contribution is 2.30. The SMILES string of the molecule is O=C(CSc1ccccc1Br)c1cccc(Cl)c1Cl. The molecule has 0 atom stereocenters. The molecule has 0 aliphatic heterocycles. The topological polar surface area (TPSA) is 17.1 Å². The number of carbonyl (C=O) groups excluding carboxylic acids is 1. The van der Waals surface area contributed by atoms with E-state index in [1.165, 1.54) is 11.8 Å². The summed E-state index contributed by atoms with van der Waals surface area (Å²) in [6.07, 6.45) is 0. The van der Waals surface area contributed by atoms with E-state index in [2.05, 4.69) is 15.9 Å². The van der Waals surface area contributed by atoms with Crippen molar-refractivity contribution in [2.45, 2.75) is 4.90 Å². The number of halogens is 3. The highest BCUT2D eigenvalue weighted by atomic mass is 79.9. The van der Waals surface area contributed by atoms with Crippen LogP contribution in [0.5, 0.6) is 0 Å². The maximum atomic E-state index is 12.1. The number of hydrogen-bond donors (Lipinski definition) is 0. The summed E-state index contributed by atoms with van der Waals surface area (Å²) < 4.78 is 0.977. The predicted octanol–water partition coefficient (Wildman–Crippen LogP) is 5.73. The first-order valence-corrected chi connectivity index (χ1v) is 7.97. The lowest BCUT2D eigenvalue weighted by atomic mass is 10.1. The largest absolute Gasteiger partial charge is 0.293 e. The van der Waals surface area contributed by atoms with Crippen molar-refractivity contribution in [1.29, 1.82) is 0 Å². The van der Waals surface area contributed by atoms with Crippen LogP contribution in [-0.4, -0.2) is 11.5 Å². The second-order valence-corrected chi connectivity index (χ2v) is 6.40. The van der Waals surface area contributed by atoms with Gasteiger partial charge in [-0.1, -0.05) is 41.4 Å². The minimum absolute atomic E-state index is 0.0340. The molecule has 0 unspecified atom stereocenters. The van der Waals surface area contributed by atoms with Gasteiger partial charge in [0.15, 0.2) is 5.78 Å². The number of benzene rings is 2. The summed E-state index contributed by atoms with van der Waals surface area (Å²) in [6, 6.07) is 12.9. The monoisotopic (exact) mass is 374 g/mol. The van der Waals surface area contributed by atoms with E-state index in [-0.39, 0.29) is 5.78 Å². The molecule has 0 radical (unpaired) electrons. The van der Waals surface area contributed by atoms with Crippen LogP contribution in [0.25, 0.3) is 0 Å². The zero-order valence-corrected chi connectivity index (χ0v) is 13.6. The Morgan fingerprint density at radius 1 is 1.11 bits per heavy atom. The van der Waals surface area contributed by atoms with Gasteiger partial charge in [0.1, 0.15) is 0 Å². The van der Waals surface area contributed by atoms with Gasteiger partial charge in [0.2, 0.25) is 0 Å². The quantitative estimate of drug-likeness (QED) is 0.501. The van der Waals surface area contributed by atoms with Crippen LogP contribution in [0.3, 0.4) is 0 Å². The summed E-state index contributed by atoms with van der Waals surface area (Å²) >= 11 is 16.8. The first-order chi connectivity index (χ1) is 9.09. The molecule has 0 N–H and O–H groups in total. The van der Waals surface area contributed by atoms with E-state index in [4.69, 9.17) is 23.2 Å². The number of Topliss-reactive ketones (excluding diaryl/α,β-unsaturated/α-hetero) is 1. The van der Waals surface area contributed by atoms with Crippen molar-refractivity contribution >= 4 is 56.7 Å². The molecule has 5 heteroatoms. The fraction of sp³-hybridized carbons (Fsp3) is 0.0714. The van der Waals surface area contributed by atoms with Gasteiger partial charge in [-0.05, 0) is 40.2 Å². The maximum absolute atomic E-state index is 12.1. The van der Waals surface area contributed by atoms with Crippen molar-refractivity contribution in [1.82, 2.24) is 0 Å². The van der Waals surface area contributed by atoms with E-state index < -0.39 is 0 Å². The molecule has 0 bridgehead atoms. The maximum Gasteiger partial charge on any atom is 0.174 e. The van der Waals surface area contributed by atoms with Crippen LogP contribution in [-0.2, 0) is 0 Å². The van der Waals surface area contributed by atoms with Crippen LogP contribution in [0.1, 0.15) is 10.4 Å². The zero-order valence-electron chi connectivity index (χ0n) is 9.70. The third-order valence-corrected chi connectivity index (χ3v) is 5.29. The normalized spacial score (nSPS) is 10.5. The van der Waals surface area contributed by atoms with Crippen LogP contribution in [0.2, 0.25) is 10.0 Å². The third-order valence-electron chi connectivity index (χ3n) is 2.45. The van der Waals surface area contributed by atoms with E-state index in [1.807, 2.05) is 24.3 Å². The molecule has 0 amide bonds. The van der Waals surface area contributed by atoms with Crippen molar-refractivity contribution in [2.75, 3.05) is 5.75 Å². The molecular formula is C14H9BrCl2OS. The lowest BCUT2D eigenvalue weighted by Gasteiger charge is -2.06. The predicted molar refractivity (Wildman–Crippen MR) is 85.7 cm³/mol.